The number of carbonyl (C=O) groups is 2. The second-order valence-electron chi connectivity index (χ2n) is 5.90. The van der Waals surface area contributed by atoms with E-state index in [9.17, 15) is 14.7 Å². The molecular formula is C12H18O5. The van der Waals surface area contributed by atoms with E-state index in [-0.39, 0.29) is 13.2 Å². The Kier molecular flexibility index (Phi) is 2.51. The zero-order valence-corrected chi connectivity index (χ0v) is 10.4. The van der Waals surface area contributed by atoms with Gasteiger partial charge in [-0.15, -0.1) is 0 Å². The summed E-state index contributed by atoms with van der Waals surface area (Å²) in [6.45, 7) is 5.00. The van der Waals surface area contributed by atoms with Crippen molar-refractivity contribution in [3.8, 4) is 0 Å². The van der Waals surface area contributed by atoms with Crippen molar-refractivity contribution in [2.75, 3.05) is 13.2 Å². The number of fused-ring (bicyclic) bond motifs is 1. The average molecular weight is 242 g/mol. The number of esters is 2. The first-order valence-corrected chi connectivity index (χ1v) is 5.79. The molecule has 1 aliphatic carbocycles. The molecule has 1 aliphatic heterocycles. The Morgan fingerprint density at radius 3 is 2.53 bits per heavy atom. The lowest BCUT2D eigenvalue weighted by molar-refractivity contribution is -0.192. The Hall–Kier alpha value is -1.10. The summed E-state index contributed by atoms with van der Waals surface area (Å²) in [4.78, 5) is 23.9. The molecule has 0 aromatic rings. The van der Waals surface area contributed by atoms with Crippen LogP contribution in [-0.2, 0) is 19.1 Å². The molecule has 2 unspecified atom stereocenters. The number of hydrogen-bond acceptors (Lipinski definition) is 5. The van der Waals surface area contributed by atoms with Gasteiger partial charge < -0.3 is 14.6 Å². The van der Waals surface area contributed by atoms with E-state index in [1.807, 2.05) is 0 Å². The fourth-order valence-corrected chi connectivity index (χ4v) is 2.59. The molecule has 17 heavy (non-hydrogen) atoms. The molecule has 1 N–H and O–H groups in total. The molecule has 96 valence electrons. The van der Waals surface area contributed by atoms with Gasteiger partial charge in [0.15, 0.2) is 0 Å². The van der Waals surface area contributed by atoms with Gasteiger partial charge in [0, 0.05) is 0 Å². The number of hydrogen-bond donors (Lipinski definition) is 1. The van der Waals surface area contributed by atoms with Crippen molar-refractivity contribution in [1.29, 1.82) is 0 Å². The van der Waals surface area contributed by atoms with Crippen LogP contribution in [0.4, 0.5) is 0 Å². The van der Waals surface area contributed by atoms with Crippen molar-refractivity contribution >= 4 is 11.9 Å². The van der Waals surface area contributed by atoms with E-state index in [4.69, 9.17) is 9.47 Å². The average Bonchev–Trinajstić information content (AvgIpc) is 2.33. The van der Waals surface area contributed by atoms with Gasteiger partial charge in [-0.2, -0.15) is 0 Å². The molecule has 0 radical (unpaired) electrons. The monoisotopic (exact) mass is 242 g/mol. The smallest absolute Gasteiger partial charge is 0.317 e. The highest BCUT2D eigenvalue weighted by molar-refractivity contribution is 5.93. The van der Waals surface area contributed by atoms with E-state index in [1.54, 1.807) is 20.8 Å². The SMILES string of the molecule is CC(C)(C)OC(=O)C12CCC1(CO)C(=O)OC2. The van der Waals surface area contributed by atoms with Crippen molar-refractivity contribution in [2.45, 2.75) is 39.2 Å². The van der Waals surface area contributed by atoms with Crippen LogP contribution in [0.25, 0.3) is 0 Å². The molecule has 2 atom stereocenters. The van der Waals surface area contributed by atoms with Crippen LogP contribution in [0.2, 0.25) is 0 Å². The van der Waals surface area contributed by atoms with E-state index in [0.29, 0.717) is 12.8 Å². The third-order valence-electron chi connectivity index (χ3n) is 3.79. The molecule has 1 saturated heterocycles. The van der Waals surface area contributed by atoms with Gasteiger partial charge in [0.05, 0.1) is 6.61 Å². The van der Waals surface area contributed by atoms with Gasteiger partial charge in [-0.3, -0.25) is 9.59 Å². The number of aliphatic hydroxyl groups excluding tert-OH is 1. The molecule has 1 heterocycles. The zero-order chi connectivity index (χ0) is 12.9. The molecule has 1 saturated carbocycles. The van der Waals surface area contributed by atoms with Crippen LogP contribution in [0.5, 0.6) is 0 Å². The molecule has 0 amide bonds. The second kappa shape index (κ2) is 3.45. The predicted octanol–water partition coefficient (Wildman–Crippen LogP) is 0.644. The number of aliphatic hydroxyl groups is 1. The molecule has 2 rings (SSSR count). The third kappa shape index (κ3) is 1.48. The van der Waals surface area contributed by atoms with Crippen LogP contribution >= 0.6 is 0 Å². The minimum atomic E-state index is -1.06. The summed E-state index contributed by atoms with van der Waals surface area (Å²) < 4.78 is 10.3. The maximum atomic E-state index is 12.2. The Labute approximate surface area is 100 Å². The van der Waals surface area contributed by atoms with Crippen molar-refractivity contribution in [2.24, 2.45) is 10.8 Å². The number of carbonyl (C=O) groups excluding carboxylic acids is 2. The first-order valence-electron chi connectivity index (χ1n) is 5.79. The molecule has 5 nitrogen and oxygen atoms in total. The minimum Gasteiger partial charge on any atom is -0.464 e. The van der Waals surface area contributed by atoms with Gasteiger partial charge in [-0.05, 0) is 33.6 Å². The van der Waals surface area contributed by atoms with Crippen molar-refractivity contribution < 1.29 is 24.2 Å². The summed E-state index contributed by atoms with van der Waals surface area (Å²) in [6, 6.07) is 0. The summed E-state index contributed by atoms with van der Waals surface area (Å²) in [7, 11) is 0. The highest BCUT2D eigenvalue weighted by Gasteiger charge is 2.73. The lowest BCUT2D eigenvalue weighted by atomic mass is 9.51. The van der Waals surface area contributed by atoms with Crippen molar-refractivity contribution in [1.82, 2.24) is 0 Å². The lowest BCUT2D eigenvalue weighted by Gasteiger charge is -2.48. The van der Waals surface area contributed by atoms with Crippen molar-refractivity contribution in [3.63, 3.8) is 0 Å². The molecule has 0 aromatic heterocycles. The molecule has 0 bridgehead atoms. The summed E-state index contributed by atoms with van der Waals surface area (Å²) in [5.41, 5.74) is -2.63. The Morgan fingerprint density at radius 1 is 1.47 bits per heavy atom. The lowest BCUT2D eigenvalue weighted by Crippen LogP contribution is -2.60. The first-order chi connectivity index (χ1) is 7.77. The fourth-order valence-electron chi connectivity index (χ4n) is 2.59. The van der Waals surface area contributed by atoms with E-state index in [1.165, 1.54) is 0 Å². The Balaban J connectivity index is 2.26. The second-order valence-corrected chi connectivity index (χ2v) is 5.90. The molecular weight excluding hydrogens is 224 g/mol. The van der Waals surface area contributed by atoms with Crippen molar-refractivity contribution in [3.05, 3.63) is 0 Å². The van der Waals surface area contributed by atoms with Crippen LogP contribution in [0.15, 0.2) is 0 Å². The van der Waals surface area contributed by atoms with Gasteiger partial charge in [-0.1, -0.05) is 0 Å². The quantitative estimate of drug-likeness (QED) is 0.719. The van der Waals surface area contributed by atoms with Gasteiger partial charge in [0.1, 0.15) is 23.0 Å². The largest absolute Gasteiger partial charge is 0.464 e. The summed E-state index contributed by atoms with van der Waals surface area (Å²) in [6.07, 6.45) is 1.02. The van der Waals surface area contributed by atoms with Crippen LogP contribution in [-0.4, -0.2) is 35.9 Å². The van der Waals surface area contributed by atoms with Crippen LogP contribution in [0.3, 0.4) is 0 Å². The highest BCUT2D eigenvalue weighted by atomic mass is 16.6. The zero-order valence-electron chi connectivity index (χ0n) is 10.4. The molecule has 2 aliphatic rings. The maximum absolute atomic E-state index is 12.2. The first kappa shape index (κ1) is 12.4. The maximum Gasteiger partial charge on any atom is 0.317 e. The standard InChI is InChI=1S/C12H18O5/c1-10(2,3)17-9(15)12-5-4-11(12,6-13)8(14)16-7-12/h13H,4-7H2,1-3H3. The number of ether oxygens (including phenoxy) is 2. The summed E-state index contributed by atoms with van der Waals surface area (Å²) in [5.74, 6) is -0.909. The Morgan fingerprint density at radius 2 is 2.12 bits per heavy atom. The summed E-state index contributed by atoms with van der Waals surface area (Å²) in [5, 5.41) is 9.42. The predicted molar refractivity (Wildman–Crippen MR) is 58.0 cm³/mol. The van der Waals surface area contributed by atoms with Crippen LogP contribution in [0, 0.1) is 10.8 Å². The Bertz CT molecular complexity index is 366. The van der Waals surface area contributed by atoms with Gasteiger partial charge in [0.25, 0.3) is 0 Å². The highest BCUT2D eigenvalue weighted by Crippen LogP contribution is 2.62. The van der Waals surface area contributed by atoms with Gasteiger partial charge >= 0.3 is 11.9 Å². The normalized spacial score (nSPS) is 35.9. The minimum absolute atomic E-state index is 0.0291. The van der Waals surface area contributed by atoms with Gasteiger partial charge in [0.2, 0.25) is 0 Å². The molecule has 5 heteroatoms. The molecule has 0 spiro atoms. The van der Waals surface area contributed by atoms with E-state index in [2.05, 4.69) is 0 Å². The molecule has 0 aromatic carbocycles. The fraction of sp³-hybridized carbons (Fsp3) is 0.833. The summed E-state index contributed by atoms with van der Waals surface area (Å²) >= 11 is 0. The molecule has 2 fully saturated rings. The number of rotatable bonds is 2. The topological polar surface area (TPSA) is 72.8 Å². The van der Waals surface area contributed by atoms with Crippen LogP contribution < -0.4 is 0 Å². The van der Waals surface area contributed by atoms with E-state index >= 15 is 0 Å². The van der Waals surface area contributed by atoms with Crippen LogP contribution in [0.1, 0.15) is 33.6 Å². The van der Waals surface area contributed by atoms with Gasteiger partial charge in [-0.25, -0.2) is 0 Å². The van der Waals surface area contributed by atoms with E-state index in [0.717, 1.165) is 0 Å². The number of cyclic esters (lactones) is 1. The van der Waals surface area contributed by atoms with E-state index < -0.39 is 28.4 Å². The third-order valence-corrected chi connectivity index (χ3v) is 3.79.